The Balaban J connectivity index is 2.33. The van der Waals surface area contributed by atoms with E-state index in [9.17, 15) is 9.59 Å². The Morgan fingerprint density at radius 1 is 1.18 bits per heavy atom. The Labute approximate surface area is 101 Å². The second-order valence-electron chi connectivity index (χ2n) is 3.84. The summed E-state index contributed by atoms with van der Waals surface area (Å²) in [6.07, 6.45) is 5.89. The SMILES string of the molecule is COC(=O)/C=C/C(=O)OC1CCCCCOC1. The van der Waals surface area contributed by atoms with Crippen LogP contribution >= 0.6 is 0 Å². The minimum absolute atomic E-state index is 0.218. The number of ether oxygens (including phenoxy) is 3. The molecule has 1 heterocycles. The number of hydrogen-bond donors (Lipinski definition) is 0. The zero-order chi connectivity index (χ0) is 12.5. The summed E-state index contributed by atoms with van der Waals surface area (Å²) in [5, 5.41) is 0. The molecule has 1 aliphatic heterocycles. The normalized spacial score (nSPS) is 21.6. The Morgan fingerprint density at radius 3 is 2.71 bits per heavy atom. The number of hydrogen-bond acceptors (Lipinski definition) is 5. The van der Waals surface area contributed by atoms with Crippen molar-refractivity contribution in [2.24, 2.45) is 0 Å². The molecule has 0 N–H and O–H groups in total. The fourth-order valence-corrected chi connectivity index (χ4v) is 1.55. The molecule has 0 amide bonds. The van der Waals surface area contributed by atoms with Crippen molar-refractivity contribution in [1.29, 1.82) is 0 Å². The minimum atomic E-state index is -0.573. The molecule has 0 aliphatic carbocycles. The van der Waals surface area contributed by atoms with Crippen LogP contribution in [0.15, 0.2) is 12.2 Å². The third-order valence-electron chi connectivity index (χ3n) is 2.46. The molecule has 96 valence electrons. The highest BCUT2D eigenvalue weighted by Crippen LogP contribution is 2.11. The van der Waals surface area contributed by atoms with Crippen molar-refractivity contribution >= 4 is 11.9 Å². The molecule has 1 saturated heterocycles. The van der Waals surface area contributed by atoms with E-state index in [1.54, 1.807) is 0 Å². The van der Waals surface area contributed by atoms with Gasteiger partial charge in [-0.2, -0.15) is 0 Å². The first kappa shape index (κ1) is 13.7. The number of methoxy groups -OCH3 is 1. The van der Waals surface area contributed by atoms with Crippen LogP contribution in [0.25, 0.3) is 0 Å². The first-order valence-electron chi connectivity index (χ1n) is 5.76. The Hall–Kier alpha value is -1.36. The van der Waals surface area contributed by atoms with Crippen molar-refractivity contribution in [3.63, 3.8) is 0 Å². The molecular formula is C12H18O5. The van der Waals surface area contributed by atoms with Gasteiger partial charge >= 0.3 is 11.9 Å². The van der Waals surface area contributed by atoms with Gasteiger partial charge in [0.05, 0.1) is 13.7 Å². The first-order chi connectivity index (χ1) is 8.22. The summed E-state index contributed by atoms with van der Waals surface area (Å²) in [6, 6.07) is 0. The molecular weight excluding hydrogens is 224 g/mol. The lowest BCUT2D eigenvalue weighted by Gasteiger charge is -2.19. The zero-order valence-electron chi connectivity index (χ0n) is 10.0. The molecule has 5 nitrogen and oxygen atoms in total. The number of carbonyl (C=O) groups excluding carboxylic acids is 2. The topological polar surface area (TPSA) is 61.8 Å². The fraction of sp³-hybridized carbons (Fsp3) is 0.667. The summed E-state index contributed by atoms with van der Waals surface area (Å²) in [5.41, 5.74) is 0. The van der Waals surface area contributed by atoms with Crippen LogP contribution in [-0.2, 0) is 23.8 Å². The van der Waals surface area contributed by atoms with Crippen LogP contribution in [0.5, 0.6) is 0 Å². The van der Waals surface area contributed by atoms with Crippen LogP contribution in [0.3, 0.4) is 0 Å². The van der Waals surface area contributed by atoms with Crippen LogP contribution in [-0.4, -0.2) is 38.4 Å². The van der Waals surface area contributed by atoms with E-state index in [0.29, 0.717) is 13.2 Å². The van der Waals surface area contributed by atoms with E-state index < -0.39 is 11.9 Å². The maximum Gasteiger partial charge on any atom is 0.331 e. The van der Waals surface area contributed by atoms with Gasteiger partial charge in [0.15, 0.2) is 0 Å². The van der Waals surface area contributed by atoms with Crippen molar-refractivity contribution in [2.75, 3.05) is 20.3 Å². The number of esters is 2. The molecule has 0 aromatic rings. The van der Waals surface area contributed by atoms with Gasteiger partial charge in [-0.3, -0.25) is 0 Å². The molecule has 0 radical (unpaired) electrons. The zero-order valence-corrected chi connectivity index (χ0v) is 10.0. The number of carbonyl (C=O) groups is 2. The maximum absolute atomic E-state index is 11.4. The van der Waals surface area contributed by atoms with Gasteiger partial charge in [-0.25, -0.2) is 9.59 Å². The summed E-state index contributed by atoms with van der Waals surface area (Å²) in [4.78, 5) is 22.1. The molecule has 1 rings (SSSR count). The van der Waals surface area contributed by atoms with Gasteiger partial charge in [-0.1, -0.05) is 6.42 Å². The van der Waals surface area contributed by atoms with Crippen molar-refractivity contribution in [1.82, 2.24) is 0 Å². The summed E-state index contributed by atoms with van der Waals surface area (Å²) in [5.74, 6) is -1.11. The summed E-state index contributed by atoms with van der Waals surface area (Å²) in [6.45, 7) is 1.14. The average molecular weight is 242 g/mol. The third-order valence-corrected chi connectivity index (χ3v) is 2.46. The third kappa shape index (κ3) is 6.06. The summed E-state index contributed by atoms with van der Waals surface area (Å²) in [7, 11) is 1.25. The van der Waals surface area contributed by atoms with Crippen LogP contribution < -0.4 is 0 Å². The molecule has 0 bridgehead atoms. The van der Waals surface area contributed by atoms with Gasteiger partial charge in [0.1, 0.15) is 6.10 Å². The van der Waals surface area contributed by atoms with Gasteiger partial charge in [0.25, 0.3) is 0 Å². The van der Waals surface area contributed by atoms with Crippen molar-refractivity contribution in [2.45, 2.75) is 31.8 Å². The molecule has 1 fully saturated rings. The van der Waals surface area contributed by atoms with E-state index >= 15 is 0 Å². The van der Waals surface area contributed by atoms with Crippen molar-refractivity contribution in [3.8, 4) is 0 Å². The predicted molar refractivity (Wildman–Crippen MR) is 60.3 cm³/mol. The van der Waals surface area contributed by atoms with Crippen LogP contribution in [0, 0.1) is 0 Å². The van der Waals surface area contributed by atoms with E-state index in [2.05, 4.69) is 4.74 Å². The standard InChI is InChI=1S/C12H18O5/c1-15-11(13)6-7-12(14)17-10-5-3-2-4-8-16-9-10/h6-7,10H,2-5,8-9H2,1H3/b7-6+. The molecule has 5 heteroatoms. The fourth-order valence-electron chi connectivity index (χ4n) is 1.55. The van der Waals surface area contributed by atoms with E-state index in [1.807, 2.05) is 0 Å². The van der Waals surface area contributed by atoms with Gasteiger partial charge < -0.3 is 14.2 Å². The first-order valence-corrected chi connectivity index (χ1v) is 5.76. The number of rotatable bonds is 3. The van der Waals surface area contributed by atoms with Gasteiger partial charge in [0, 0.05) is 18.8 Å². The molecule has 1 aliphatic rings. The van der Waals surface area contributed by atoms with E-state index in [0.717, 1.165) is 37.8 Å². The van der Waals surface area contributed by atoms with Crippen molar-refractivity contribution in [3.05, 3.63) is 12.2 Å². The smallest absolute Gasteiger partial charge is 0.331 e. The van der Waals surface area contributed by atoms with E-state index in [1.165, 1.54) is 7.11 Å². The molecule has 0 aromatic heterocycles. The van der Waals surface area contributed by atoms with E-state index in [-0.39, 0.29) is 6.10 Å². The highest BCUT2D eigenvalue weighted by atomic mass is 16.6. The largest absolute Gasteiger partial charge is 0.466 e. The molecule has 1 atom stereocenters. The van der Waals surface area contributed by atoms with Crippen LogP contribution in [0.1, 0.15) is 25.7 Å². The second kappa shape index (κ2) is 7.84. The quantitative estimate of drug-likeness (QED) is 0.550. The molecule has 1 unspecified atom stereocenters. The summed E-state index contributed by atoms with van der Waals surface area (Å²) < 4.78 is 14.9. The highest BCUT2D eigenvalue weighted by Gasteiger charge is 2.15. The lowest BCUT2D eigenvalue weighted by molar-refractivity contribution is -0.147. The van der Waals surface area contributed by atoms with Gasteiger partial charge in [-0.15, -0.1) is 0 Å². The van der Waals surface area contributed by atoms with Gasteiger partial charge in [0.2, 0.25) is 0 Å². The highest BCUT2D eigenvalue weighted by molar-refractivity contribution is 5.91. The minimum Gasteiger partial charge on any atom is -0.466 e. The second-order valence-corrected chi connectivity index (χ2v) is 3.84. The lowest BCUT2D eigenvalue weighted by atomic mass is 10.1. The predicted octanol–water partition coefficient (Wildman–Crippen LogP) is 1.22. The Bertz CT molecular complexity index is 277. The van der Waals surface area contributed by atoms with Crippen molar-refractivity contribution < 1.29 is 23.8 Å². The summed E-state index contributed by atoms with van der Waals surface area (Å²) >= 11 is 0. The Morgan fingerprint density at radius 2 is 1.94 bits per heavy atom. The van der Waals surface area contributed by atoms with Crippen LogP contribution in [0.4, 0.5) is 0 Å². The van der Waals surface area contributed by atoms with Gasteiger partial charge in [-0.05, 0) is 19.3 Å². The monoisotopic (exact) mass is 242 g/mol. The lowest BCUT2D eigenvalue weighted by Crippen LogP contribution is -2.24. The average Bonchev–Trinajstić information content (AvgIpc) is 2.29. The van der Waals surface area contributed by atoms with Crippen LogP contribution in [0.2, 0.25) is 0 Å². The molecule has 0 saturated carbocycles. The van der Waals surface area contributed by atoms with E-state index in [4.69, 9.17) is 9.47 Å². The Kier molecular flexibility index (Phi) is 6.32. The molecule has 0 aromatic carbocycles. The molecule has 17 heavy (non-hydrogen) atoms. The molecule has 0 spiro atoms. The maximum atomic E-state index is 11.4.